The largest absolute Gasteiger partial charge is 0.375 e. The Hall–Kier alpha value is -1.25. The molecule has 134 valence electrons. The maximum atomic E-state index is 11.5. The first kappa shape index (κ1) is 18.5. The Bertz CT molecular complexity index is 672. The number of rotatable bonds is 6. The predicted octanol–water partition coefficient (Wildman–Crippen LogP) is 6.67. The lowest BCUT2D eigenvalue weighted by Crippen LogP contribution is -2.19. The molecule has 1 aromatic carbocycles. The van der Waals surface area contributed by atoms with Crippen molar-refractivity contribution >= 4 is 11.8 Å². The molecule has 1 aliphatic heterocycles. The first-order valence-electron chi connectivity index (χ1n) is 9.66. The van der Waals surface area contributed by atoms with Crippen molar-refractivity contribution in [2.24, 2.45) is 5.92 Å². The lowest BCUT2D eigenvalue weighted by Gasteiger charge is -2.26. The van der Waals surface area contributed by atoms with Crippen LogP contribution in [0.2, 0.25) is 0 Å². The summed E-state index contributed by atoms with van der Waals surface area (Å²) >= 11 is 1.78. The fraction of sp³-hybridized carbons (Fsp3) is 0.478. The Labute approximate surface area is 156 Å². The highest BCUT2D eigenvalue weighted by molar-refractivity contribution is 8.00. The first-order valence-corrected chi connectivity index (χ1v) is 10.5. The minimum atomic E-state index is -0.739. The molecule has 0 bridgehead atoms. The molecule has 0 aromatic heterocycles. The highest BCUT2D eigenvalue weighted by atomic mass is 32.2. The third-order valence-electron chi connectivity index (χ3n) is 5.43. The summed E-state index contributed by atoms with van der Waals surface area (Å²) in [5, 5.41) is 11.9. The SMILES string of the molecule is CCCCC1SC(O)(CCC2=CC=CC=CCC2C)c2ccccc21. The van der Waals surface area contributed by atoms with Crippen molar-refractivity contribution in [1.29, 1.82) is 0 Å². The summed E-state index contributed by atoms with van der Waals surface area (Å²) in [4.78, 5) is -0.739. The van der Waals surface area contributed by atoms with Crippen LogP contribution in [0.3, 0.4) is 0 Å². The van der Waals surface area contributed by atoms with Gasteiger partial charge in [-0.15, -0.1) is 11.8 Å². The molecule has 1 N–H and O–H groups in total. The van der Waals surface area contributed by atoms with Crippen molar-refractivity contribution in [1.82, 2.24) is 0 Å². The molecule has 1 aliphatic carbocycles. The van der Waals surface area contributed by atoms with E-state index < -0.39 is 4.93 Å². The molecule has 1 aromatic rings. The summed E-state index contributed by atoms with van der Waals surface area (Å²) in [6, 6.07) is 8.52. The summed E-state index contributed by atoms with van der Waals surface area (Å²) in [6.45, 7) is 4.53. The van der Waals surface area contributed by atoms with Crippen LogP contribution in [0.4, 0.5) is 0 Å². The van der Waals surface area contributed by atoms with Gasteiger partial charge in [0.15, 0.2) is 0 Å². The highest BCUT2D eigenvalue weighted by Gasteiger charge is 2.42. The molecule has 3 unspecified atom stereocenters. The molecule has 0 amide bonds. The third kappa shape index (κ3) is 4.30. The smallest absolute Gasteiger partial charge is 0.137 e. The van der Waals surface area contributed by atoms with Crippen molar-refractivity contribution in [2.45, 2.75) is 62.6 Å². The number of unbranched alkanes of at least 4 members (excludes halogenated alkanes) is 1. The van der Waals surface area contributed by atoms with E-state index >= 15 is 0 Å². The van der Waals surface area contributed by atoms with Gasteiger partial charge in [0.25, 0.3) is 0 Å². The summed E-state index contributed by atoms with van der Waals surface area (Å²) in [6.07, 6.45) is 17.3. The average Bonchev–Trinajstić information content (AvgIpc) is 2.89. The standard InChI is InChI=1S/C23H30OS/c1-3-4-15-22-20-13-9-10-14-21(20)23(24,25-22)17-16-19-12-8-6-5-7-11-18(19)2/h5-10,12-14,18,22,24H,3-4,11,15-17H2,1-2H3. The van der Waals surface area contributed by atoms with Gasteiger partial charge in [0.1, 0.15) is 4.93 Å². The van der Waals surface area contributed by atoms with Crippen molar-refractivity contribution in [3.8, 4) is 0 Å². The zero-order chi connectivity index (χ0) is 17.7. The van der Waals surface area contributed by atoms with Gasteiger partial charge in [0.05, 0.1) is 0 Å². The fourth-order valence-corrected chi connectivity index (χ4v) is 5.48. The van der Waals surface area contributed by atoms with Gasteiger partial charge in [0, 0.05) is 5.25 Å². The molecule has 1 nitrogen and oxygen atoms in total. The van der Waals surface area contributed by atoms with Crippen LogP contribution < -0.4 is 0 Å². The molecule has 2 heteroatoms. The maximum Gasteiger partial charge on any atom is 0.137 e. The molecule has 25 heavy (non-hydrogen) atoms. The van der Waals surface area contributed by atoms with E-state index in [2.05, 4.69) is 68.5 Å². The van der Waals surface area contributed by atoms with E-state index in [1.807, 2.05) is 0 Å². The van der Waals surface area contributed by atoms with Crippen LogP contribution in [-0.2, 0) is 4.93 Å². The molecule has 0 saturated carbocycles. The molecular weight excluding hydrogens is 324 g/mol. The molecule has 2 aliphatic rings. The van der Waals surface area contributed by atoms with Crippen LogP contribution in [0.15, 0.2) is 60.2 Å². The topological polar surface area (TPSA) is 20.2 Å². The fourth-order valence-electron chi connectivity index (χ4n) is 3.86. The lowest BCUT2D eigenvalue weighted by molar-refractivity contribution is 0.129. The highest BCUT2D eigenvalue weighted by Crippen LogP contribution is 2.57. The number of fused-ring (bicyclic) bond motifs is 1. The molecule has 0 fully saturated rings. The quantitative estimate of drug-likeness (QED) is 0.615. The van der Waals surface area contributed by atoms with E-state index in [1.165, 1.54) is 24.0 Å². The number of hydrogen-bond donors (Lipinski definition) is 1. The normalized spacial score (nSPS) is 28.4. The number of aliphatic hydroxyl groups is 1. The van der Waals surface area contributed by atoms with Crippen molar-refractivity contribution in [3.05, 3.63) is 71.3 Å². The van der Waals surface area contributed by atoms with Gasteiger partial charge in [-0.05, 0) is 42.7 Å². The molecule has 0 radical (unpaired) electrons. The third-order valence-corrected chi connectivity index (χ3v) is 7.02. The Morgan fingerprint density at radius 3 is 2.88 bits per heavy atom. The molecule has 0 saturated heterocycles. The Morgan fingerprint density at radius 1 is 1.20 bits per heavy atom. The van der Waals surface area contributed by atoms with Gasteiger partial charge in [-0.3, -0.25) is 0 Å². The van der Waals surface area contributed by atoms with Crippen molar-refractivity contribution in [3.63, 3.8) is 0 Å². The van der Waals surface area contributed by atoms with Crippen LogP contribution in [0.5, 0.6) is 0 Å². The van der Waals surface area contributed by atoms with E-state index in [0.29, 0.717) is 11.2 Å². The summed E-state index contributed by atoms with van der Waals surface area (Å²) < 4.78 is 0. The summed E-state index contributed by atoms with van der Waals surface area (Å²) in [5.41, 5.74) is 3.95. The van der Waals surface area contributed by atoms with E-state index in [1.54, 1.807) is 11.8 Å². The molecule has 1 heterocycles. The minimum absolute atomic E-state index is 0.438. The predicted molar refractivity (Wildman–Crippen MR) is 110 cm³/mol. The van der Waals surface area contributed by atoms with Crippen molar-refractivity contribution < 1.29 is 5.11 Å². The van der Waals surface area contributed by atoms with E-state index in [-0.39, 0.29) is 0 Å². The van der Waals surface area contributed by atoms with Crippen LogP contribution in [-0.4, -0.2) is 5.11 Å². The van der Waals surface area contributed by atoms with E-state index in [0.717, 1.165) is 31.2 Å². The zero-order valence-electron chi connectivity index (χ0n) is 15.4. The Balaban J connectivity index is 1.75. The van der Waals surface area contributed by atoms with Gasteiger partial charge in [-0.1, -0.05) is 86.9 Å². The molecule has 3 atom stereocenters. The average molecular weight is 355 g/mol. The number of hydrogen-bond acceptors (Lipinski definition) is 2. The first-order chi connectivity index (χ1) is 12.1. The van der Waals surface area contributed by atoms with E-state index in [9.17, 15) is 5.11 Å². The van der Waals surface area contributed by atoms with Crippen LogP contribution in [0.25, 0.3) is 0 Å². The van der Waals surface area contributed by atoms with E-state index in [4.69, 9.17) is 0 Å². The number of thioether (sulfide) groups is 1. The monoisotopic (exact) mass is 354 g/mol. The van der Waals surface area contributed by atoms with Crippen molar-refractivity contribution in [2.75, 3.05) is 0 Å². The molecule has 3 rings (SSSR count). The summed E-state index contributed by atoms with van der Waals surface area (Å²) in [7, 11) is 0. The Morgan fingerprint density at radius 2 is 2.04 bits per heavy atom. The number of benzene rings is 1. The second kappa shape index (κ2) is 8.42. The van der Waals surface area contributed by atoms with Gasteiger partial charge >= 0.3 is 0 Å². The molecular formula is C23H30OS. The lowest BCUT2D eigenvalue weighted by atomic mass is 9.89. The van der Waals surface area contributed by atoms with Gasteiger partial charge in [-0.2, -0.15) is 0 Å². The molecule has 0 spiro atoms. The minimum Gasteiger partial charge on any atom is -0.375 e. The Kier molecular flexibility index (Phi) is 6.24. The van der Waals surface area contributed by atoms with Gasteiger partial charge in [0.2, 0.25) is 0 Å². The number of allylic oxidation sites excluding steroid dienone is 6. The second-order valence-electron chi connectivity index (χ2n) is 7.31. The zero-order valence-corrected chi connectivity index (χ0v) is 16.3. The van der Waals surface area contributed by atoms with Crippen LogP contribution in [0, 0.1) is 5.92 Å². The second-order valence-corrected chi connectivity index (χ2v) is 8.79. The maximum absolute atomic E-state index is 11.5. The van der Waals surface area contributed by atoms with Crippen LogP contribution >= 0.6 is 11.8 Å². The van der Waals surface area contributed by atoms with Crippen LogP contribution in [0.1, 0.15) is 68.7 Å². The van der Waals surface area contributed by atoms with Gasteiger partial charge in [-0.25, -0.2) is 0 Å². The van der Waals surface area contributed by atoms with Gasteiger partial charge < -0.3 is 5.11 Å². The summed E-state index contributed by atoms with van der Waals surface area (Å²) in [5.74, 6) is 0.544.